The molecule has 2 atom stereocenters. The predicted octanol–water partition coefficient (Wildman–Crippen LogP) is 4.98. The topological polar surface area (TPSA) is 77.6 Å². The highest BCUT2D eigenvalue weighted by Gasteiger charge is 2.43. The van der Waals surface area contributed by atoms with Crippen molar-refractivity contribution in [3.8, 4) is 5.75 Å². The molecular formula is C27H32FN3O3. The van der Waals surface area contributed by atoms with E-state index in [1.54, 1.807) is 19.2 Å². The number of carbonyl (C=O) groups is 1. The van der Waals surface area contributed by atoms with E-state index in [1.807, 2.05) is 18.3 Å². The van der Waals surface area contributed by atoms with Crippen LogP contribution in [0.1, 0.15) is 58.8 Å². The van der Waals surface area contributed by atoms with Crippen molar-refractivity contribution in [1.29, 1.82) is 0 Å². The zero-order valence-electron chi connectivity index (χ0n) is 19.7. The molecule has 2 heterocycles. The number of hydrogen-bond acceptors (Lipinski definition) is 4. The first kappa shape index (κ1) is 22.9. The van der Waals surface area contributed by atoms with Gasteiger partial charge in [-0.25, -0.2) is 9.18 Å². The number of aromatic nitrogens is 1. The van der Waals surface area contributed by atoms with Gasteiger partial charge in [-0.05, 0) is 68.0 Å². The highest BCUT2D eigenvalue weighted by atomic mass is 19.1. The summed E-state index contributed by atoms with van der Waals surface area (Å²) in [5.74, 6) is -0.0542. The van der Waals surface area contributed by atoms with E-state index >= 15 is 0 Å². The van der Waals surface area contributed by atoms with Gasteiger partial charge in [-0.3, -0.25) is 4.90 Å². The highest BCUT2D eigenvalue weighted by Crippen LogP contribution is 2.40. The Bertz CT molecular complexity index is 1190. The van der Waals surface area contributed by atoms with Gasteiger partial charge in [-0.1, -0.05) is 12.1 Å². The summed E-state index contributed by atoms with van der Waals surface area (Å²) < 4.78 is 20.0. The van der Waals surface area contributed by atoms with E-state index in [1.165, 1.54) is 0 Å². The molecule has 0 bridgehead atoms. The monoisotopic (exact) mass is 465 g/mol. The number of nitrogens with zero attached hydrogens (tertiary/aromatic N) is 1. The van der Waals surface area contributed by atoms with Gasteiger partial charge in [0.2, 0.25) is 0 Å². The molecule has 3 aromatic rings. The standard InChI is InChI=1S/C27H32FN3O3/c1-17-13-24(34-2)22(21-7-11-29-25(17)21)15-31-12-8-20(30-16-27(28)9-10-27)14-23(31)18-3-5-19(6-4-18)26(32)33/h3-7,11,13,20,23,29-30H,8-10,12,14-16H2,1-2H3,(H,32,33)/t20-,23+/m1/s1. The number of likely N-dealkylation sites (tertiary alicyclic amines) is 1. The number of halogens is 1. The molecule has 5 rings (SSSR count). The number of benzene rings is 2. The summed E-state index contributed by atoms with van der Waals surface area (Å²) in [5.41, 5.74) is 3.74. The van der Waals surface area contributed by atoms with E-state index in [2.05, 4.69) is 34.3 Å². The first-order valence-corrected chi connectivity index (χ1v) is 12.0. The maximum Gasteiger partial charge on any atom is 0.335 e. The summed E-state index contributed by atoms with van der Waals surface area (Å²) in [6, 6.07) is 11.7. The maximum atomic E-state index is 14.2. The molecule has 1 aliphatic carbocycles. The Balaban J connectivity index is 1.44. The predicted molar refractivity (Wildman–Crippen MR) is 130 cm³/mol. The number of fused-ring (bicyclic) bond motifs is 1. The number of hydrogen-bond donors (Lipinski definition) is 3. The summed E-state index contributed by atoms with van der Waals surface area (Å²) in [5, 5.41) is 13.9. The van der Waals surface area contributed by atoms with Crippen LogP contribution in [-0.4, -0.2) is 52.9 Å². The molecule has 180 valence electrons. The molecule has 1 aromatic heterocycles. The first-order valence-electron chi connectivity index (χ1n) is 12.0. The molecule has 0 amide bonds. The fraction of sp³-hybridized carbons (Fsp3) is 0.444. The molecule has 0 radical (unpaired) electrons. The number of rotatable bonds is 8. The van der Waals surface area contributed by atoms with Crippen LogP contribution in [0.25, 0.3) is 10.9 Å². The number of carboxylic acid groups (broad SMARTS) is 1. The Morgan fingerprint density at radius 1 is 1.29 bits per heavy atom. The average Bonchev–Trinajstić information content (AvgIpc) is 3.37. The summed E-state index contributed by atoms with van der Waals surface area (Å²) >= 11 is 0. The highest BCUT2D eigenvalue weighted by molar-refractivity contribution is 5.88. The van der Waals surface area contributed by atoms with Crippen LogP contribution in [0.4, 0.5) is 4.39 Å². The zero-order valence-corrected chi connectivity index (χ0v) is 19.7. The number of nitrogens with one attached hydrogen (secondary N) is 2. The summed E-state index contributed by atoms with van der Waals surface area (Å²) in [4.78, 5) is 17.1. The Morgan fingerprint density at radius 3 is 2.74 bits per heavy atom. The van der Waals surface area contributed by atoms with Crippen molar-refractivity contribution in [3.05, 3.63) is 64.8 Å². The molecule has 1 saturated heterocycles. The fourth-order valence-electron chi connectivity index (χ4n) is 5.21. The normalized spacial score (nSPS) is 22.1. The van der Waals surface area contributed by atoms with Crippen LogP contribution >= 0.6 is 0 Å². The van der Waals surface area contributed by atoms with Gasteiger partial charge in [-0.2, -0.15) is 0 Å². The summed E-state index contributed by atoms with van der Waals surface area (Å²) in [6.45, 7) is 4.05. The number of methoxy groups -OCH3 is 1. The minimum absolute atomic E-state index is 0.0869. The van der Waals surface area contributed by atoms with Crippen molar-refractivity contribution >= 4 is 16.9 Å². The smallest absolute Gasteiger partial charge is 0.335 e. The molecule has 3 N–H and O–H groups in total. The van der Waals surface area contributed by atoms with E-state index in [0.717, 1.165) is 52.7 Å². The van der Waals surface area contributed by atoms with Gasteiger partial charge >= 0.3 is 5.97 Å². The molecule has 6 nitrogen and oxygen atoms in total. The molecule has 2 aliphatic rings. The molecule has 0 spiro atoms. The third-order valence-corrected chi connectivity index (χ3v) is 7.45. The quantitative estimate of drug-likeness (QED) is 0.437. The second-order valence-electron chi connectivity index (χ2n) is 9.81. The van der Waals surface area contributed by atoms with Gasteiger partial charge in [0.05, 0.1) is 12.7 Å². The van der Waals surface area contributed by atoms with Crippen molar-refractivity contribution < 1.29 is 19.0 Å². The van der Waals surface area contributed by atoms with E-state index in [9.17, 15) is 14.3 Å². The number of aryl methyl sites for hydroxylation is 1. The lowest BCUT2D eigenvalue weighted by Crippen LogP contribution is -2.45. The van der Waals surface area contributed by atoms with Crippen LogP contribution in [0, 0.1) is 6.92 Å². The first-order chi connectivity index (χ1) is 16.4. The molecule has 1 aliphatic heterocycles. The van der Waals surface area contributed by atoms with Crippen molar-refractivity contribution in [2.45, 2.75) is 56.9 Å². The number of H-pyrrole nitrogens is 1. The fourth-order valence-corrected chi connectivity index (χ4v) is 5.21. The van der Waals surface area contributed by atoms with Gasteiger partial charge in [0.25, 0.3) is 0 Å². The Kier molecular flexibility index (Phi) is 6.08. The summed E-state index contributed by atoms with van der Waals surface area (Å²) in [6.07, 6.45) is 5.04. The van der Waals surface area contributed by atoms with Crippen LogP contribution < -0.4 is 10.1 Å². The number of aromatic amines is 1. The van der Waals surface area contributed by atoms with E-state index < -0.39 is 11.6 Å². The minimum atomic E-state index is -1.02. The Labute approximate surface area is 199 Å². The second-order valence-corrected chi connectivity index (χ2v) is 9.81. The number of carboxylic acids is 1. The molecule has 34 heavy (non-hydrogen) atoms. The third-order valence-electron chi connectivity index (χ3n) is 7.45. The lowest BCUT2D eigenvalue weighted by Gasteiger charge is -2.40. The number of alkyl halides is 1. The third kappa shape index (κ3) is 4.55. The van der Waals surface area contributed by atoms with Crippen LogP contribution in [0.2, 0.25) is 0 Å². The van der Waals surface area contributed by atoms with Gasteiger partial charge in [-0.15, -0.1) is 0 Å². The van der Waals surface area contributed by atoms with Gasteiger partial charge in [0, 0.05) is 54.4 Å². The van der Waals surface area contributed by atoms with Crippen molar-refractivity contribution in [3.63, 3.8) is 0 Å². The van der Waals surface area contributed by atoms with Crippen molar-refractivity contribution in [1.82, 2.24) is 15.2 Å². The second kappa shape index (κ2) is 9.04. The Hall–Kier alpha value is -2.90. The number of aromatic carboxylic acids is 1. The average molecular weight is 466 g/mol. The maximum absolute atomic E-state index is 14.2. The van der Waals surface area contributed by atoms with Crippen LogP contribution in [0.3, 0.4) is 0 Å². The number of ether oxygens (including phenoxy) is 1. The van der Waals surface area contributed by atoms with Crippen LogP contribution in [0.15, 0.2) is 42.6 Å². The van der Waals surface area contributed by atoms with Crippen LogP contribution in [-0.2, 0) is 6.54 Å². The molecular weight excluding hydrogens is 433 g/mol. The van der Waals surface area contributed by atoms with Gasteiger partial charge in [0.1, 0.15) is 11.4 Å². The van der Waals surface area contributed by atoms with Crippen LogP contribution in [0.5, 0.6) is 5.75 Å². The van der Waals surface area contributed by atoms with Gasteiger partial charge in [0.15, 0.2) is 0 Å². The zero-order chi connectivity index (χ0) is 23.9. The summed E-state index contributed by atoms with van der Waals surface area (Å²) in [7, 11) is 1.71. The van der Waals surface area contributed by atoms with E-state index in [4.69, 9.17) is 4.74 Å². The molecule has 2 fully saturated rings. The van der Waals surface area contributed by atoms with Crippen molar-refractivity contribution in [2.75, 3.05) is 20.2 Å². The largest absolute Gasteiger partial charge is 0.496 e. The van der Waals surface area contributed by atoms with Crippen molar-refractivity contribution in [2.24, 2.45) is 0 Å². The minimum Gasteiger partial charge on any atom is -0.496 e. The van der Waals surface area contributed by atoms with Gasteiger partial charge < -0.3 is 20.1 Å². The molecule has 0 unspecified atom stereocenters. The SMILES string of the molecule is COc1cc(C)c2[nH]ccc2c1CN1CC[C@@H](NCC2(F)CC2)C[C@H]1c1ccc(C(=O)O)cc1. The number of piperidine rings is 1. The molecule has 1 saturated carbocycles. The lowest BCUT2D eigenvalue weighted by atomic mass is 9.90. The van der Waals surface area contributed by atoms with E-state index in [-0.39, 0.29) is 17.6 Å². The Morgan fingerprint density at radius 2 is 2.06 bits per heavy atom. The lowest BCUT2D eigenvalue weighted by molar-refractivity contribution is 0.0696. The van der Waals surface area contributed by atoms with E-state index in [0.29, 0.717) is 25.9 Å². The molecule has 2 aromatic carbocycles. The molecule has 7 heteroatoms.